The van der Waals surface area contributed by atoms with Crippen LogP contribution in [-0.4, -0.2) is 29.3 Å². The topological polar surface area (TPSA) is 12.0 Å². The molecule has 0 aromatic rings. The number of hydrogen-bond donors (Lipinski definition) is 1. The molecule has 1 rings (SSSR count). The fourth-order valence-corrected chi connectivity index (χ4v) is 9.94. The first-order chi connectivity index (χ1) is 6.61. The van der Waals surface area contributed by atoms with E-state index in [0.717, 1.165) is 0 Å². The van der Waals surface area contributed by atoms with Crippen LogP contribution in [0.25, 0.3) is 0 Å². The third-order valence-corrected chi connectivity index (χ3v) is 13.3. The van der Waals surface area contributed by atoms with Gasteiger partial charge in [0, 0.05) is 0 Å². The summed E-state index contributed by atoms with van der Waals surface area (Å²) < 4.78 is 0.708. The molecule has 0 atom stereocenters. The van der Waals surface area contributed by atoms with Gasteiger partial charge < -0.3 is 0 Å². The summed E-state index contributed by atoms with van der Waals surface area (Å²) >= 11 is -0.959. The Morgan fingerprint density at radius 2 is 1.36 bits per heavy atom. The minimum absolute atomic E-state index is 0.708. The zero-order chi connectivity index (χ0) is 10.4. The van der Waals surface area contributed by atoms with E-state index < -0.39 is 16.2 Å². The van der Waals surface area contributed by atoms with Crippen molar-refractivity contribution in [3.63, 3.8) is 0 Å². The second-order valence-electron chi connectivity index (χ2n) is 5.80. The molecule has 82 valence electrons. The average molecular weight is 254 g/mol. The SMILES string of the molecule is C[C](C)(C)[Ga]1[CH2]CCCNCCC[CH2]1. The summed E-state index contributed by atoms with van der Waals surface area (Å²) in [7, 11) is 0. The molecule has 2 heteroatoms. The van der Waals surface area contributed by atoms with Gasteiger partial charge in [-0.15, -0.1) is 0 Å². The molecular formula is C12H26GaN. The van der Waals surface area contributed by atoms with Crippen molar-refractivity contribution in [2.24, 2.45) is 0 Å². The van der Waals surface area contributed by atoms with E-state index >= 15 is 0 Å². The van der Waals surface area contributed by atoms with Crippen molar-refractivity contribution in [2.75, 3.05) is 13.1 Å². The molecule has 0 amide bonds. The third kappa shape index (κ3) is 4.90. The summed E-state index contributed by atoms with van der Waals surface area (Å²) in [6, 6.07) is 0. The molecule has 1 saturated heterocycles. The van der Waals surface area contributed by atoms with Crippen molar-refractivity contribution >= 4 is 16.2 Å². The molecule has 0 radical (unpaired) electrons. The second kappa shape index (κ2) is 6.24. The van der Waals surface area contributed by atoms with Crippen LogP contribution >= 0.6 is 0 Å². The zero-order valence-electron chi connectivity index (χ0n) is 10.2. The Hall–Kier alpha value is 0.596. The molecule has 1 N–H and O–H groups in total. The van der Waals surface area contributed by atoms with Gasteiger partial charge in [-0.05, 0) is 0 Å². The van der Waals surface area contributed by atoms with Gasteiger partial charge in [-0.1, -0.05) is 0 Å². The van der Waals surface area contributed by atoms with E-state index in [9.17, 15) is 0 Å². The second-order valence-corrected chi connectivity index (χ2v) is 14.8. The molecule has 0 saturated carbocycles. The van der Waals surface area contributed by atoms with Crippen LogP contribution in [0.1, 0.15) is 46.5 Å². The van der Waals surface area contributed by atoms with Crippen molar-refractivity contribution in [1.82, 2.24) is 5.32 Å². The fourth-order valence-electron chi connectivity index (χ4n) is 2.42. The van der Waals surface area contributed by atoms with Crippen molar-refractivity contribution in [3.8, 4) is 0 Å². The van der Waals surface area contributed by atoms with Crippen LogP contribution in [0.2, 0.25) is 13.9 Å². The summed E-state index contributed by atoms with van der Waals surface area (Å²) in [4.78, 5) is 3.25. The van der Waals surface area contributed by atoms with Crippen molar-refractivity contribution in [3.05, 3.63) is 0 Å². The minimum atomic E-state index is -0.959. The molecule has 14 heavy (non-hydrogen) atoms. The van der Waals surface area contributed by atoms with E-state index in [0.29, 0.717) is 3.97 Å². The maximum atomic E-state index is 3.53. The monoisotopic (exact) mass is 253 g/mol. The van der Waals surface area contributed by atoms with Crippen molar-refractivity contribution in [1.29, 1.82) is 0 Å². The van der Waals surface area contributed by atoms with Crippen LogP contribution in [0.15, 0.2) is 0 Å². The van der Waals surface area contributed by atoms with Gasteiger partial charge in [0.2, 0.25) is 0 Å². The van der Waals surface area contributed by atoms with Crippen molar-refractivity contribution < 1.29 is 0 Å². The number of nitrogens with one attached hydrogen (secondary N) is 1. The van der Waals surface area contributed by atoms with Gasteiger partial charge in [-0.2, -0.15) is 0 Å². The van der Waals surface area contributed by atoms with Crippen LogP contribution in [-0.2, 0) is 0 Å². The van der Waals surface area contributed by atoms with E-state index in [1.54, 1.807) is 9.95 Å². The Morgan fingerprint density at radius 3 is 1.79 bits per heavy atom. The van der Waals surface area contributed by atoms with Gasteiger partial charge >= 0.3 is 95.0 Å². The normalized spacial score (nSPS) is 22.1. The van der Waals surface area contributed by atoms with Gasteiger partial charge in [0.05, 0.1) is 0 Å². The quantitative estimate of drug-likeness (QED) is 0.653. The van der Waals surface area contributed by atoms with Gasteiger partial charge in [0.1, 0.15) is 0 Å². The standard InChI is InChI=1S/C8H17N.C4H9.Ga/c1-3-5-7-9-8-6-4-2;1-4(2)3;/h9H,1-8H2;1-3H3;. The molecule has 1 nitrogen and oxygen atoms in total. The zero-order valence-corrected chi connectivity index (χ0v) is 12.7. The van der Waals surface area contributed by atoms with Crippen LogP contribution in [0.3, 0.4) is 0 Å². The van der Waals surface area contributed by atoms with Crippen LogP contribution in [0.4, 0.5) is 0 Å². The molecule has 1 aliphatic heterocycles. The van der Waals surface area contributed by atoms with E-state index in [4.69, 9.17) is 0 Å². The first kappa shape index (κ1) is 12.7. The van der Waals surface area contributed by atoms with Crippen molar-refractivity contribution in [2.45, 2.75) is 60.4 Å². The molecule has 1 fully saturated rings. The summed E-state index contributed by atoms with van der Waals surface area (Å²) in [6.45, 7) is 9.99. The van der Waals surface area contributed by atoms with E-state index in [-0.39, 0.29) is 0 Å². The van der Waals surface area contributed by atoms with E-state index in [2.05, 4.69) is 26.1 Å². The van der Waals surface area contributed by atoms with E-state index in [1.807, 2.05) is 0 Å². The first-order valence-corrected chi connectivity index (χ1v) is 10.9. The Kier molecular flexibility index (Phi) is 5.64. The Balaban J connectivity index is 2.38. The van der Waals surface area contributed by atoms with E-state index in [1.165, 1.54) is 38.8 Å². The summed E-state index contributed by atoms with van der Waals surface area (Å²) in [5, 5.41) is 3.53. The van der Waals surface area contributed by atoms with Gasteiger partial charge in [-0.25, -0.2) is 0 Å². The fraction of sp³-hybridized carbons (Fsp3) is 1.00. The van der Waals surface area contributed by atoms with Gasteiger partial charge in [0.15, 0.2) is 0 Å². The van der Waals surface area contributed by atoms with Gasteiger partial charge in [-0.3, -0.25) is 0 Å². The first-order valence-electron chi connectivity index (χ1n) is 6.31. The van der Waals surface area contributed by atoms with Crippen LogP contribution in [0, 0.1) is 0 Å². The Morgan fingerprint density at radius 1 is 0.857 bits per heavy atom. The molecule has 0 bridgehead atoms. The molecule has 0 unspecified atom stereocenters. The van der Waals surface area contributed by atoms with Crippen LogP contribution < -0.4 is 5.32 Å². The predicted molar refractivity (Wildman–Crippen MR) is 66.4 cm³/mol. The summed E-state index contributed by atoms with van der Waals surface area (Å²) in [6.07, 6.45) is 5.82. The number of hydrogen-bond acceptors (Lipinski definition) is 1. The molecule has 1 aliphatic rings. The predicted octanol–water partition coefficient (Wildman–Crippen LogP) is 3.44. The molecule has 0 aliphatic carbocycles. The third-order valence-electron chi connectivity index (χ3n) is 3.54. The molecule has 0 aromatic carbocycles. The molecule has 1 heterocycles. The van der Waals surface area contributed by atoms with Crippen LogP contribution in [0.5, 0.6) is 0 Å². The Bertz CT molecular complexity index is 141. The summed E-state index contributed by atoms with van der Waals surface area (Å²) in [5.41, 5.74) is 0. The number of rotatable bonds is 0. The maximum absolute atomic E-state index is 3.53. The average Bonchev–Trinajstić information content (AvgIpc) is 2.12. The summed E-state index contributed by atoms with van der Waals surface area (Å²) in [5.74, 6) is 0. The van der Waals surface area contributed by atoms with Gasteiger partial charge in [0.25, 0.3) is 0 Å². The molecule has 0 aromatic heterocycles. The Labute approximate surface area is 95.1 Å². The molecular weight excluding hydrogens is 228 g/mol. The molecule has 0 spiro atoms.